The van der Waals surface area contributed by atoms with E-state index in [0.717, 1.165) is 12.1 Å². The molecule has 0 spiro atoms. The van der Waals surface area contributed by atoms with Gasteiger partial charge in [-0.05, 0) is 194 Å². The van der Waals surface area contributed by atoms with Gasteiger partial charge in [0.25, 0.3) is 0 Å². The first-order valence-electron chi connectivity index (χ1n) is 37.3. The first kappa shape index (κ1) is 66.6. The number of anilines is 6. The van der Waals surface area contributed by atoms with Gasteiger partial charge in [-0.2, -0.15) is 0 Å². The Kier molecular flexibility index (Phi) is 15.5. The molecule has 510 valence electrons. The lowest BCUT2D eigenvalue weighted by Gasteiger charge is -2.48. The fraction of sp³-hybridized carbons (Fsp3) is 0.273. The largest absolute Gasteiger partial charge is 0.309 e. The second-order valence-electron chi connectivity index (χ2n) is 35.8. The molecule has 3 nitrogen and oxygen atoms in total. The molecule has 3 heteroatoms. The van der Waals surface area contributed by atoms with Gasteiger partial charge in [0.2, 0.25) is 0 Å². The standard InChI is InChI=1S/C99H99N3/c1-94(2,3)68-45-40-62(41-46-68)78-56-70(96(7,8)9)58-81(98(13,14)15)92(78)101-85-51-44-64(61-30-20-19-21-31-61)53-80(85)90-77-50-49-72(100-83-38-28-26-36-75(83)76-37-27-29-39-84(76)100)60-86(77)102(88-55-67(54-87(101)91(88)90)89-73-34-24-22-32-65(73)52-66-33-23-25-35-74(66)89)93-79(63-42-47-69(48-43-63)95(4,5)6)57-71(97(10,11)12)59-82(93)99(16,17)18/h19-51,53-60,89-90H,52H2,1-18H3. The minimum absolute atomic E-state index is 0.0274. The highest BCUT2D eigenvalue weighted by Crippen LogP contribution is 2.65. The monoisotopic (exact) mass is 1330 g/mol. The molecule has 0 N–H and O–H groups in total. The number of nitrogens with zero attached hydrogens (tertiary/aromatic N) is 3. The highest BCUT2D eigenvalue weighted by Gasteiger charge is 2.46. The normalized spacial score (nSPS) is 14.7. The van der Waals surface area contributed by atoms with E-state index in [4.69, 9.17) is 0 Å². The van der Waals surface area contributed by atoms with E-state index in [1.807, 2.05) is 0 Å². The number of para-hydroxylation sites is 2. The van der Waals surface area contributed by atoms with Crippen molar-refractivity contribution < 1.29 is 0 Å². The summed E-state index contributed by atoms with van der Waals surface area (Å²) >= 11 is 0. The molecule has 12 aromatic carbocycles. The molecule has 16 rings (SSSR count). The summed E-state index contributed by atoms with van der Waals surface area (Å²) in [5.41, 5.74) is 35.4. The Balaban J connectivity index is 1.13. The maximum atomic E-state index is 2.82. The minimum atomic E-state index is -0.339. The summed E-state index contributed by atoms with van der Waals surface area (Å²) in [5, 5.41) is 2.49. The highest BCUT2D eigenvalue weighted by atomic mass is 15.2. The second-order valence-corrected chi connectivity index (χ2v) is 35.8. The molecule has 102 heavy (non-hydrogen) atoms. The predicted octanol–water partition coefficient (Wildman–Crippen LogP) is 27.4. The molecule has 3 heterocycles. The predicted molar refractivity (Wildman–Crippen MR) is 436 cm³/mol. The summed E-state index contributed by atoms with van der Waals surface area (Å²) in [7, 11) is 0. The molecule has 13 aromatic rings. The summed E-state index contributed by atoms with van der Waals surface area (Å²) in [6, 6.07) is 97.8. The molecule has 0 fully saturated rings. The molecule has 3 aliphatic rings. The Morgan fingerprint density at radius 2 is 0.716 bits per heavy atom. The lowest BCUT2D eigenvalue weighted by Crippen LogP contribution is -2.32. The molecule has 1 aromatic heterocycles. The Morgan fingerprint density at radius 3 is 1.19 bits per heavy atom. The molecular weight excluding hydrogens is 1230 g/mol. The zero-order valence-electron chi connectivity index (χ0n) is 63.4. The van der Waals surface area contributed by atoms with Crippen LogP contribution < -0.4 is 9.80 Å². The SMILES string of the molecule is CC(C)(C)c1ccc(-c2cc(C(C)(C)C)cc(C(C)(C)C)c2N2c3ccc(-c4ccccc4)cc3C3c4ccc(-n5c6ccccc6c6ccccc65)cc4N(c4c(-c5ccc(C(C)(C)C)cc5)cc(C(C)(C)C)cc4C(C)(C)C)c4cc(C5c6ccccc6Cc6ccccc65)cc2c43)cc1. The van der Waals surface area contributed by atoms with E-state index in [9.17, 15) is 0 Å². The maximum Gasteiger partial charge on any atom is 0.0577 e. The number of hydrogen-bond donors (Lipinski definition) is 0. The van der Waals surface area contributed by atoms with Crippen LogP contribution in [-0.2, 0) is 38.9 Å². The Hall–Kier alpha value is -9.96. The van der Waals surface area contributed by atoms with E-state index < -0.39 is 0 Å². The molecule has 0 amide bonds. The van der Waals surface area contributed by atoms with Crippen LogP contribution in [0, 0.1) is 0 Å². The zero-order chi connectivity index (χ0) is 71.5. The molecule has 0 saturated carbocycles. The van der Waals surface area contributed by atoms with Gasteiger partial charge in [-0.1, -0.05) is 313 Å². The summed E-state index contributed by atoms with van der Waals surface area (Å²) < 4.78 is 2.53. The van der Waals surface area contributed by atoms with E-state index in [-0.39, 0.29) is 44.3 Å². The molecule has 1 atom stereocenters. The summed E-state index contributed by atoms with van der Waals surface area (Å²) in [5.74, 6) is -0.308. The second kappa shape index (κ2) is 23.8. The van der Waals surface area contributed by atoms with Gasteiger partial charge in [0.05, 0.1) is 45.2 Å². The first-order chi connectivity index (χ1) is 48.4. The van der Waals surface area contributed by atoms with Gasteiger partial charge in [0.1, 0.15) is 0 Å². The third-order valence-electron chi connectivity index (χ3n) is 22.6. The molecule has 0 radical (unpaired) electrons. The number of aromatic nitrogens is 1. The van der Waals surface area contributed by atoms with E-state index in [0.29, 0.717) is 0 Å². The van der Waals surface area contributed by atoms with Crippen LogP contribution in [0.15, 0.2) is 249 Å². The van der Waals surface area contributed by atoms with Crippen LogP contribution in [0.1, 0.15) is 214 Å². The van der Waals surface area contributed by atoms with Gasteiger partial charge in [0, 0.05) is 45.0 Å². The minimum Gasteiger partial charge on any atom is -0.309 e. The third kappa shape index (κ3) is 11.2. The third-order valence-corrected chi connectivity index (χ3v) is 22.6. The van der Waals surface area contributed by atoms with E-state index in [1.165, 1.54) is 167 Å². The van der Waals surface area contributed by atoms with Crippen molar-refractivity contribution in [1.29, 1.82) is 0 Å². The Labute approximate surface area is 607 Å². The van der Waals surface area contributed by atoms with Crippen LogP contribution in [0.3, 0.4) is 0 Å². The van der Waals surface area contributed by atoms with Crippen LogP contribution >= 0.6 is 0 Å². The van der Waals surface area contributed by atoms with Crippen LogP contribution in [0.5, 0.6) is 0 Å². The van der Waals surface area contributed by atoms with Gasteiger partial charge < -0.3 is 14.4 Å². The van der Waals surface area contributed by atoms with Crippen molar-refractivity contribution in [3.8, 4) is 39.1 Å². The van der Waals surface area contributed by atoms with E-state index >= 15 is 0 Å². The Morgan fingerprint density at radius 1 is 0.284 bits per heavy atom. The molecular formula is C99H99N3. The molecule has 0 saturated heterocycles. The van der Waals surface area contributed by atoms with Crippen molar-refractivity contribution in [2.45, 2.75) is 175 Å². The van der Waals surface area contributed by atoms with Crippen molar-refractivity contribution in [2.24, 2.45) is 0 Å². The van der Waals surface area contributed by atoms with Crippen LogP contribution in [-0.4, -0.2) is 4.57 Å². The summed E-state index contributed by atoms with van der Waals surface area (Å²) in [4.78, 5) is 5.61. The lowest BCUT2D eigenvalue weighted by molar-refractivity contribution is 0.569. The Bertz CT molecular complexity index is 5380. The van der Waals surface area contributed by atoms with Gasteiger partial charge in [-0.3, -0.25) is 0 Å². The molecule has 2 aliphatic heterocycles. The highest BCUT2D eigenvalue weighted by molar-refractivity contribution is 6.10. The van der Waals surface area contributed by atoms with Gasteiger partial charge in [-0.25, -0.2) is 0 Å². The quantitative estimate of drug-likeness (QED) is 0.158. The topological polar surface area (TPSA) is 11.4 Å². The smallest absolute Gasteiger partial charge is 0.0577 e. The van der Waals surface area contributed by atoms with Crippen molar-refractivity contribution in [3.63, 3.8) is 0 Å². The van der Waals surface area contributed by atoms with Crippen LogP contribution in [0.4, 0.5) is 34.1 Å². The average Bonchev–Trinajstić information content (AvgIpc) is 0.752. The zero-order valence-corrected chi connectivity index (χ0v) is 63.4. The van der Waals surface area contributed by atoms with E-state index in [1.54, 1.807) is 0 Å². The average molecular weight is 1330 g/mol. The maximum absolute atomic E-state index is 2.82. The van der Waals surface area contributed by atoms with Crippen LogP contribution in [0.2, 0.25) is 0 Å². The van der Waals surface area contributed by atoms with Gasteiger partial charge in [-0.15, -0.1) is 0 Å². The fourth-order valence-electron chi connectivity index (χ4n) is 17.0. The summed E-state index contributed by atoms with van der Waals surface area (Å²) in [6.45, 7) is 43.0. The first-order valence-corrected chi connectivity index (χ1v) is 37.3. The van der Waals surface area contributed by atoms with Gasteiger partial charge in [0.15, 0.2) is 0 Å². The molecule has 0 bridgehead atoms. The van der Waals surface area contributed by atoms with Crippen molar-refractivity contribution >= 4 is 55.9 Å². The number of hydrogen-bond acceptors (Lipinski definition) is 2. The molecule has 1 unspecified atom stereocenters. The lowest BCUT2D eigenvalue weighted by atomic mass is 9.70. The fourth-order valence-corrected chi connectivity index (χ4v) is 17.0. The van der Waals surface area contributed by atoms with Crippen molar-refractivity contribution in [1.82, 2.24) is 4.57 Å². The molecule has 1 aliphatic carbocycles. The van der Waals surface area contributed by atoms with Crippen molar-refractivity contribution in [2.75, 3.05) is 9.80 Å². The number of benzene rings is 12. The summed E-state index contributed by atoms with van der Waals surface area (Å²) in [6.07, 6.45) is 0.885. The number of fused-ring (bicyclic) bond motifs is 9. The number of rotatable bonds is 7. The van der Waals surface area contributed by atoms with E-state index in [2.05, 4.69) is 388 Å². The van der Waals surface area contributed by atoms with Gasteiger partial charge >= 0.3 is 0 Å². The van der Waals surface area contributed by atoms with Crippen molar-refractivity contribution in [3.05, 3.63) is 327 Å². The van der Waals surface area contributed by atoms with Crippen LogP contribution in [0.25, 0.3) is 60.9 Å².